The molecular weight excluding hydrogens is 422 g/mol. The van der Waals surface area contributed by atoms with Crippen molar-refractivity contribution in [1.29, 1.82) is 0 Å². The minimum Gasteiger partial charge on any atom is -0.505 e. The van der Waals surface area contributed by atoms with Crippen LogP contribution >= 0.6 is 0 Å². The summed E-state index contributed by atoms with van der Waals surface area (Å²) >= 11 is 0. The lowest BCUT2D eigenvalue weighted by molar-refractivity contribution is -0.141. The van der Waals surface area contributed by atoms with Crippen LogP contribution in [0.2, 0.25) is 0 Å². The van der Waals surface area contributed by atoms with Crippen LogP contribution in [0.4, 0.5) is 8.78 Å². The highest BCUT2D eigenvalue weighted by atomic mass is 19.1. The number of benzene rings is 2. The smallest absolute Gasteiger partial charge is 0.308 e. The van der Waals surface area contributed by atoms with Crippen LogP contribution in [0.3, 0.4) is 0 Å². The fraction of sp³-hybridized carbons (Fsp3) is 0.261. The van der Waals surface area contributed by atoms with E-state index in [0.717, 1.165) is 12.1 Å². The maximum atomic E-state index is 14.8. The summed E-state index contributed by atoms with van der Waals surface area (Å²) in [5.74, 6) is -4.95. The van der Waals surface area contributed by atoms with Crippen molar-refractivity contribution in [3.8, 4) is 5.75 Å². The molecule has 0 unspecified atom stereocenters. The van der Waals surface area contributed by atoms with Gasteiger partial charge in [0, 0.05) is 29.6 Å². The molecule has 0 saturated heterocycles. The van der Waals surface area contributed by atoms with Crippen molar-refractivity contribution in [2.45, 2.75) is 26.7 Å². The van der Waals surface area contributed by atoms with Crippen molar-refractivity contribution in [3.63, 3.8) is 0 Å². The van der Waals surface area contributed by atoms with Crippen molar-refractivity contribution in [2.24, 2.45) is 5.92 Å². The molecule has 0 aliphatic heterocycles. The standard InChI is InChI=1S/C23H22F2N2O5/c1-12(23(31)32)11-26-19(29)9-6-16-13(2)27(17-7-8-18(28)21(25)20(16)17)22(30)14-4-3-5-15(24)10-14/h3-5,7-8,10,12,28H,6,9,11H2,1-2H3,(H,26,29)(H,31,32)/t12-/m0/s1. The minimum absolute atomic E-state index is 0.000966. The maximum Gasteiger partial charge on any atom is 0.308 e. The molecule has 7 nitrogen and oxygen atoms in total. The van der Waals surface area contributed by atoms with Crippen LogP contribution in [-0.4, -0.2) is 39.1 Å². The van der Waals surface area contributed by atoms with Gasteiger partial charge in [-0.1, -0.05) is 13.0 Å². The largest absolute Gasteiger partial charge is 0.505 e. The van der Waals surface area contributed by atoms with E-state index in [1.165, 1.54) is 35.8 Å². The summed E-state index contributed by atoms with van der Waals surface area (Å²) in [6, 6.07) is 7.60. The van der Waals surface area contributed by atoms with Crippen molar-refractivity contribution in [1.82, 2.24) is 9.88 Å². The number of carbonyl (C=O) groups excluding carboxylic acids is 2. The van der Waals surface area contributed by atoms with Gasteiger partial charge in [-0.2, -0.15) is 0 Å². The van der Waals surface area contributed by atoms with Gasteiger partial charge in [-0.3, -0.25) is 19.0 Å². The third-order valence-corrected chi connectivity index (χ3v) is 5.32. The number of aromatic nitrogens is 1. The number of nitrogens with zero attached hydrogens (tertiary/aromatic N) is 1. The number of phenolic OH excluding ortho intramolecular Hbond substituents is 1. The highest BCUT2D eigenvalue weighted by Gasteiger charge is 2.24. The summed E-state index contributed by atoms with van der Waals surface area (Å²) in [6.07, 6.45) is -0.0467. The van der Waals surface area contributed by atoms with Gasteiger partial charge >= 0.3 is 5.97 Å². The molecule has 0 bridgehead atoms. The zero-order chi connectivity index (χ0) is 23.6. The molecule has 1 atom stereocenters. The van der Waals surface area contributed by atoms with Gasteiger partial charge in [-0.25, -0.2) is 8.78 Å². The van der Waals surface area contributed by atoms with Gasteiger partial charge in [0.1, 0.15) is 5.82 Å². The van der Waals surface area contributed by atoms with Gasteiger partial charge in [0.25, 0.3) is 5.91 Å². The predicted molar refractivity (Wildman–Crippen MR) is 113 cm³/mol. The Hall–Kier alpha value is -3.75. The Bertz CT molecular complexity index is 1220. The van der Waals surface area contributed by atoms with Crippen LogP contribution in [0.1, 0.15) is 35.0 Å². The first kappa shape index (κ1) is 22.9. The third kappa shape index (κ3) is 4.46. The molecule has 2 aromatic carbocycles. The Balaban J connectivity index is 1.97. The third-order valence-electron chi connectivity index (χ3n) is 5.32. The summed E-state index contributed by atoms with van der Waals surface area (Å²) in [5.41, 5.74) is 0.942. The molecule has 3 N–H and O–H groups in total. The number of nitrogens with one attached hydrogen (secondary N) is 1. The van der Waals surface area contributed by atoms with Gasteiger partial charge < -0.3 is 15.5 Å². The van der Waals surface area contributed by atoms with E-state index >= 15 is 0 Å². The highest BCUT2D eigenvalue weighted by molar-refractivity contribution is 6.04. The SMILES string of the molecule is Cc1c(CCC(=O)NC[C@H](C)C(=O)O)c2c(F)c(O)ccc2n1C(=O)c1cccc(F)c1. The summed E-state index contributed by atoms with van der Waals surface area (Å²) in [6.45, 7) is 2.98. The van der Waals surface area contributed by atoms with Crippen molar-refractivity contribution < 1.29 is 33.4 Å². The van der Waals surface area contributed by atoms with E-state index in [-0.39, 0.29) is 35.9 Å². The normalized spacial score (nSPS) is 12.0. The number of halogens is 2. The zero-order valence-electron chi connectivity index (χ0n) is 17.5. The topological polar surface area (TPSA) is 109 Å². The van der Waals surface area contributed by atoms with E-state index in [1.807, 2.05) is 0 Å². The van der Waals surface area contributed by atoms with Crippen molar-refractivity contribution in [3.05, 3.63) is 64.9 Å². The second-order valence-corrected chi connectivity index (χ2v) is 7.55. The average molecular weight is 444 g/mol. The number of aliphatic carboxylic acids is 1. The van der Waals surface area contributed by atoms with E-state index in [9.17, 15) is 28.3 Å². The fourth-order valence-corrected chi connectivity index (χ4v) is 3.52. The number of amides is 1. The van der Waals surface area contributed by atoms with Crippen molar-refractivity contribution >= 4 is 28.7 Å². The number of hydrogen-bond acceptors (Lipinski definition) is 4. The number of carboxylic acids is 1. The maximum absolute atomic E-state index is 14.8. The van der Waals surface area contributed by atoms with Crippen LogP contribution in [0.25, 0.3) is 10.9 Å². The Morgan fingerprint density at radius 3 is 2.53 bits per heavy atom. The first-order valence-electron chi connectivity index (χ1n) is 9.93. The molecule has 1 heterocycles. The molecule has 0 saturated carbocycles. The quantitative estimate of drug-likeness (QED) is 0.518. The Labute approximate surface area is 182 Å². The first-order valence-corrected chi connectivity index (χ1v) is 9.93. The van der Waals surface area contributed by atoms with E-state index < -0.39 is 41.1 Å². The lowest BCUT2D eigenvalue weighted by atomic mass is 10.0. The molecule has 1 amide bonds. The van der Waals surface area contributed by atoms with Gasteiger partial charge in [-0.05, 0) is 49.2 Å². The Morgan fingerprint density at radius 2 is 1.88 bits per heavy atom. The van der Waals surface area contributed by atoms with Crippen LogP contribution in [0.5, 0.6) is 5.75 Å². The summed E-state index contributed by atoms with van der Waals surface area (Å²) < 4.78 is 29.7. The molecule has 0 spiro atoms. The van der Waals surface area contributed by atoms with Crippen LogP contribution < -0.4 is 5.32 Å². The fourth-order valence-electron chi connectivity index (χ4n) is 3.52. The van der Waals surface area contributed by atoms with Crippen molar-refractivity contribution in [2.75, 3.05) is 6.54 Å². The second-order valence-electron chi connectivity index (χ2n) is 7.55. The number of fused-ring (bicyclic) bond motifs is 1. The minimum atomic E-state index is -1.04. The Morgan fingerprint density at radius 1 is 1.16 bits per heavy atom. The van der Waals surface area contributed by atoms with Gasteiger partial charge in [-0.15, -0.1) is 0 Å². The number of phenols is 1. The van der Waals surface area contributed by atoms with E-state index in [0.29, 0.717) is 11.3 Å². The molecule has 1 aromatic heterocycles. The van der Waals surface area contributed by atoms with Crippen LogP contribution in [-0.2, 0) is 16.0 Å². The van der Waals surface area contributed by atoms with E-state index in [1.54, 1.807) is 6.92 Å². The van der Waals surface area contributed by atoms with Crippen LogP contribution in [0, 0.1) is 24.5 Å². The lowest BCUT2D eigenvalue weighted by Gasteiger charge is -2.09. The second kappa shape index (κ2) is 9.17. The first-order chi connectivity index (χ1) is 15.1. The summed E-state index contributed by atoms with van der Waals surface area (Å²) in [5, 5.41) is 21.3. The predicted octanol–water partition coefficient (Wildman–Crippen LogP) is 3.39. The molecular formula is C23H22F2N2O5. The molecule has 3 rings (SSSR count). The van der Waals surface area contributed by atoms with E-state index in [2.05, 4.69) is 5.32 Å². The Kier molecular flexibility index (Phi) is 6.57. The van der Waals surface area contributed by atoms with Gasteiger partial charge in [0.2, 0.25) is 5.91 Å². The molecule has 168 valence electrons. The van der Waals surface area contributed by atoms with E-state index in [4.69, 9.17) is 5.11 Å². The highest BCUT2D eigenvalue weighted by Crippen LogP contribution is 2.34. The number of carboxylic acid groups (broad SMARTS) is 1. The number of hydrogen-bond donors (Lipinski definition) is 3. The molecule has 0 fully saturated rings. The number of aryl methyl sites for hydroxylation is 1. The molecule has 0 aliphatic carbocycles. The average Bonchev–Trinajstić information content (AvgIpc) is 3.04. The zero-order valence-corrected chi connectivity index (χ0v) is 17.5. The molecule has 0 radical (unpaired) electrons. The molecule has 3 aromatic rings. The molecule has 32 heavy (non-hydrogen) atoms. The van der Waals surface area contributed by atoms with Crippen LogP contribution in [0.15, 0.2) is 36.4 Å². The monoisotopic (exact) mass is 444 g/mol. The number of carbonyl (C=O) groups is 3. The summed E-state index contributed by atoms with van der Waals surface area (Å²) in [7, 11) is 0. The lowest BCUT2D eigenvalue weighted by Crippen LogP contribution is -2.31. The molecule has 0 aliphatic rings. The summed E-state index contributed by atoms with van der Waals surface area (Å²) in [4.78, 5) is 36.2. The van der Waals surface area contributed by atoms with Gasteiger partial charge in [0.15, 0.2) is 11.6 Å². The number of aromatic hydroxyl groups is 1. The molecule has 9 heteroatoms. The number of rotatable bonds is 7. The van der Waals surface area contributed by atoms with Gasteiger partial charge in [0.05, 0.1) is 11.4 Å².